The van der Waals surface area contributed by atoms with Gasteiger partial charge in [0.2, 0.25) is 0 Å². The van der Waals surface area contributed by atoms with Crippen LogP contribution in [0.3, 0.4) is 0 Å². The fraction of sp³-hybridized carbons (Fsp3) is 0.500. The minimum atomic E-state index is -0.506. The number of aliphatic hydroxyl groups excluding tert-OH is 2. The molecule has 0 aliphatic heterocycles. The Morgan fingerprint density at radius 2 is 2.26 bits per heavy atom. The fourth-order valence-electron chi connectivity index (χ4n) is 2.30. The van der Waals surface area contributed by atoms with Gasteiger partial charge in [0.25, 0.3) is 5.56 Å². The lowest BCUT2D eigenvalue weighted by atomic mass is 10.1. The number of aromatic nitrogens is 2. The van der Waals surface area contributed by atoms with Crippen molar-refractivity contribution in [3.8, 4) is 0 Å². The third-order valence-corrected chi connectivity index (χ3v) is 3.92. The van der Waals surface area contributed by atoms with Crippen LogP contribution in [-0.4, -0.2) is 33.0 Å². The largest absolute Gasteiger partial charge is 0.396 e. The summed E-state index contributed by atoms with van der Waals surface area (Å²) in [5.41, 5.74) is -1.06. The van der Waals surface area contributed by atoms with Gasteiger partial charge in [0.1, 0.15) is 0 Å². The topological polar surface area (TPSA) is 95.3 Å². The molecule has 1 aromatic rings. The third-order valence-electron chi connectivity index (χ3n) is 3.66. The Kier molecular flexibility index (Phi) is 4.07. The van der Waals surface area contributed by atoms with Crippen LogP contribution in [0.1, 0.15) is 12.0 Å². The van der Waals surface area contributed by atoms with Gasteiger partial charge in [-0.3, -0.25) is 14.3 Å². The van der Waals surface area contributed by atoms with Gasteiger partial charge < -0.3 is 10.2 Å². The first kappa shape index (κ1) is 14.2. The van der Waals surface area contributed by atoms with E-state index in [1.807, 2.05) is 0 Å². The summed E-state index contributed by atoms with van der Waals surface area (Å²) in [7, 11) is 0. The molecule has 0 bridgehead atoms. The van der Waals surface area contributed by atoms with E-state index < -0.39 is 16.7 Å². The molecule has 6 nitrogen and oxygen atoms in total. The van der Waals surface area contributed by atoms with E-state index in [1.165, 1.54) is 21.8 Å². The van der Waals surface area contributed by atoms with Crippen LogP contribution in [-0.2, 0) is 6.54 Å². The van der Waals surface area contributed by atoms with Crippen molar-refractivity contribution in [3.05, 3.63) is 37.6 Å². The number of hydrogen-bond donors (Lipinski definition) is 3. The molecular formula is C12H15BrN2O4. The fourth-order valence-corrected chi connectivity index (χ4v) is 2.58. The van der Waals surface area contributed by atoms with Crippen molar-refractivity contribution < 1.29 is 10.2 Å². The lowest BCUT2D eigenvalue weighted by Crippen LogP contribution is -2.34. The zero-order valence-electron chi connectivity index (χ0n) is 10.2. The van der Waals surface area contributed by atoms with Gasteiger partial charge in [-0.1, -0.05) is 15.9 Å². The number of halogens is 1. The van der Waals surface area contributed by atoms with Gasteiger partial charge in [0.05, 0.1) is 12.2 Å². The van der Waals surface area contributed by atoms with Gasteiger partial charge in [-0.25, -0.2) is 4.79 Å². The van der Waals surface area contributed by atoms with Crippen molar-refractivity contribution in [2.75, 3.05) is 13.2 Å². The van der Waals surface area contributed by atoms with E-state index in [-0.39, 0.29) is 25.7 Å². The van der Waals surface area contributed by atoms with Crippen molar-refractivity contribution in [2.24, 2.45) is 11.3 Å². The molecule has 104 valence electrons. The van der Waals surface area contributed by atoms with E-state index in [2.05, 4.69) is 20.9 Å². The second kappa shape index (κ2) is 5.44. The minimum absolute atomic E-state index is 0.00601. The average Bonchev–Trinajstić information content (AvgIpc) is 3.09. The number of H-pyrrole nitrogens is 1. The van der Waals surface area contributed by atoms with Gasteiger partial charge in [-0.2, -0.15) is 0 Å². The van der Waals surface area contributed by atoms with Gasteiger partial charge in [0.15, 0.2) is 0 Å². The second-order valence-corrected chi connectivity index (χ2v) is 5.40. The summed E-state index contributed by atoms with van der Waals surface area (Å²) >= 11 is 3.08. The quantitative estimate of drug-likeness (QED) is 0.702. The standard InChI is InChI=1S/C12H15BrN2O4/c13-2-1-8-4-15(11(19)14-10(8)18)6-12(7-17)3-9(12)5-16/h1-2,4,9,16-17H,3,5-7H2,(H,14,18,19)/b2-1+/t9-,12-/m1/s1. The first-order chi connectivity index (χ1) is 9.06. The lowest BCUT2D eigenvalue weighted by molar-refractivity contribution is 0.156. The molecule has 1 heterocycles. The van der Waals surface area contributed by atoms with E-state index in [0.29, 0.717) is 12.0 Å². The van der Waals surface area contributed by atoms with Crippen LogP contribution in [0.2, 0.25) is 0 Å². The normalized spacial score (nSPS) is 25.9. The highest BCUT2D eigenvalue weighted by molar-refractivity contribution is 9.11. The molecule has 1 aliphatic carbocycles. The maximum atomic E-state index is 11.7. The van der Waals surface area contributed by atoms with Crippen molar-refractivity contribution >= 4 is 22.0 Å². The van der Waals surface area contributed by atoms with Gasteiger partial charge >= 0.3 is 5.69 Å². The highest BCUT2D eigenvalue weighted by Crippen LogP contribution is 2.52. The Morgan fingerprint density at radius 3 is 2.79 bits per heavy atom. The summed E-state index contributed by atoms with van der Waals surface area (Å²) in [4.78, 5) is 27.0. The Hall–Kier alpha value is -1.18. The van der Waals surface area contributed by atoms with Gasteiger partial charge in [-0.05, 0) is 23.4 Å². The number of nitrogens with one attached hydrogen (secondary N) is 1. The first-order valence-electron chi connectivity index (χ1n) is 5.88. The summed E-state index contributed by atoms with van der Waals surface area (Å²) in [6, 6.07) is 0. The molecule has 1 saturated carbocycles. The van der Waals surface area contributed by atoms with Crippen molar-refractivity contribution in [1.29, 1.82) is 0 Å². The Labute approximate surface area is 117 Å². The highest BCUT2D eigenvalue weighted by Gasteiger charge is 2.53. The Bertz CT molecular complexity index is 606. The predicted molar refractivity (Wildman–Crippen MR) is 74.0 cm³/mol. The van der Waals surface area contributed by atoms with Crippen LogP contribution in [0.5, 0.6) is 0 Å². The molecule has 0 saturated heterocycles. The Morgan fingerprint density at radius 1 is 1.53 bits per heavy atom. The van der Waals surface area contributed by atoms with Crippen molar-refractivity contribution in [1.82, 2.24) is 9.55 Å². The van der Waals surface area contributed by atoms with Crippen LogP contribution in [0.4, 0.5) is 0 Å². The monoisotopic (exact) mass is 330 g/mol. The van der Waals surface area contributed by atoms with Crippen LogP contribution < -0.4 is 11.2 Å². The van der Waals surface area contributed by atoms with E-state index in [1.54, 1.807) is 0 Å². The predicted octanol–water partition coefficient (Wildman–Crippen LogP) is -0.107. The number of nitrogens with zero attached hydrogens (tertiary/aromatic N) is 1. The molecule has 2 atom stereocenters. The minimum Gasteiger partial charge on any atom is -0.396 e. The number of hydrogen-bond acceptors (Lipinski definition) is 4. The molecule has 0 aromatic carbocycles. The Balaban J connectivity index is 2.33. The molecule has 0 spiro atoms. The van der Waals surface area contributed by atoms with Crippen LogP contribution in [0.15, 0.2) is 20.8 Å². The summed E-state index contributed by atoms with van der Waals surface area (Å²) in [5, 5.41) is 18.5. The van der Waals surface area contributed by atoms with Crippen LogP contribution >= 0.6 is 15.9 Å². The van der Waals surface area contributed by atoms with E-state index >= 15 is 0 Å². The molecule has 1 aliphatic rings. The van der Waals surface area contributed by atoms with E-state index in [4.69, 9.17) is 5.11 Å². The van der Waals surface area contributed by atoms with Crippen LogP contribution in [0.25, 0.3) is 6.08 Å². The molecule has 1 fully saturated rings. The molecule has 19 heavy (non-hydrogen) atoms. The van der Waals surface area contributed by atoms with Crippen LogP contribution in [0, 0.1) is 11.3 Å². The number of aliphatic hydroxyl groups is 2. The zero-order chi connectivity index (χ0) is 14.0. The van der Waals surface area contributed by atoms with Gasteiger partial charge in [0, 0.05) is 24.8 Å². The summed E-state index contributed by atoms with van der Waals surface area (Å²) in [5.74, 6) is 0.00601. The SMILES string of the molecule is O=c1[nH]c(=O)n(C[C@@]2(CO)C[C@@H]2CO)cc1/C=C/Br. The van der Waals surface area contributed by atoms with Gasteiger partial charge in [-0.15, -0.1) is 0 Å². The molecule has 0 amide bonds. The van der Waals surface area contributed by atoms with Crippen molar-refractivity contribution in [3.63, 3.8) is 0 Å². The molecule has 0 radical (unpaired) electrons. The highest BCUT2D eigenvalue weighted by atomic mass is 79.9. The summed E-state index contributed by atoms with van der Waals surface area (Å²) in [6.07, 6.45) is 3.68. The summed E-state index contributed by atoms with van der Waals surface area (Å²) < 4.78 is 1.37. The second-order valence-electron chi connectivity index (χ2n) is 4.87. The maximum Gasteiger partial charge on any atom is 0.328 e. The maximum absolute atomic E-state index is 11.7. The average molecular weight is 331 g/mol. The van der Waals surface area contributed by atoms with E-state index in [0.717, 1.165) is 0 Å². The molecule has 1 aromatic heterocycles. The lowest BCUT2D eigenvalue weighted by Gasteiger charge is -2.15. The van der Waals surface area contributed by atoms with Crippen molar-refractivity contribution in [2.45, 2.75) is 13.0 Å². The molecule has 7 heteroatoms. The smallest absolute Gasteiger partial charge is 0.328 e. The molecule has 3 N–H and O–H groups in total. The van der Waals surface area contributed by atoms with E-state index in [9.17, 15) is 14.7 Å². The zero-order valence-corrected chi connectivity index (χ0v) is 11.8. The first-order valence-corrected chi connectivity index (χ1v) is 6.80. The summed E-state index contributed by atoms with van der Waals surface area (Å²) in [6.45, 7) is 0.188. The molecule has 2 rings (SSSR count). The number of aromatic amines is 1. The number of rotatable bonds is 5. The molecule has 0 unspecified atom stereocenters. The molecular weight excluding hydrogens is 316 g/mol. The third kappa shape index (κ3) is 2.72.